The molecule has 1 fully saturated rings. The molecule has 1 aromatic heterocycles. The summed E-state index contributed by atoms with van der Waals surface area (Å²) in [6.45, 7) is -0.482. The van der Waals surface area contributed by atoms with E-state index < -0.39 is 42.4 Å². The highest BCUT2D eigenvalue weighted by molar-refractivity contribution is 14.1. The summed E-state index contributed by atoms with van der Waals surface area (Å²) in [5, 5.41) is 28.3. The van der Waals surface area contributed by atoms with E-state index in [-0.39, 0.29) is 3.57 Å². The van der Waals surface area contributed by atoms with E-state index in [0.29, 0.717) is 0 Å². The van der Waals surface area contributed by atoms with Crippen molar-refractivity contribution in [1.82, 2.24) is 9.55 Å². The van der Waals surface area contributed by atoms with Crippen molar-refractivity contribution in [1.29, 1.82) is 0 Å². The molecule has 100 valence electrons. The van der Waals surface area contributed by atoms with E-state index in [2.05, 4.69) is 4.98 Å². The summed E-state index contributed by atoms with van der Waals surface area (Å²) in [6.07, 6.45) is -3.54. The fourth-order valence-electron chi connectivity index (χ4n) is 1.76. The smallest absolute Gasteiger partial charge is 0.330 e. The van der Waals surface area contributed by atoms with Gasteiger partial charge in [0.2, 0.25) is 0 Å². The molecule has 4 N–H and O–H groups in total. The molecule has 0 amide bonds. The van der Waals surface area contributed by atoms with Gasteiger partial charge in [0, 0.05) is 6.20 Å². The van der Waals surface area contributed by atoms with Crippen LogP contribution in [0.2, 0.25) is 0 Å². The molecule has 4 unspecified atom stereocenters. The van der Waals surface area contributed by atoms with Gasteiger partial charge in [0.1, 0.15) is 18.3 Å². The number of ether oxygens (including phenoxy) is 1. The summed E-state index contributed by atoms with van der Waals surface area (Å²) in [5.41, 5.74) is -1.29. The number of aromatic amines is 1. The molecule has 0 aliphatic carbocycles. The molecule has 2 heterocycles. The maximum atomic E-state index is 11.6. The van der Waals surface area contributed by atoms with Crippen molar-refractivity contribution >= 4 is 22.6 Å². The number of hydrogen-bond donors (Lipinski definition) is 4. The van der Waals surface area contributed by atoms with Gasteiger partial charge in [-0.1, -0.05) is 0 Å². The van der Waals surface area contributed by atoms with Gasteiger partial charge in [-0.25, -0.2) is 4.79 Å². The molecule has 1 saturated heterocycles. The van der Waals surface area contributed by atoms with Crippen molar-refractivity contribution in [3.63, 3.8) is 0 Å². The number of halogens is 1. The van der Waals surface area contributed by atoms with Crippen molar-refractivity contribution in [2.24, 2.45) is 0 Å². The zero-order valence-corrected chi connectivity index (χ0v) is 11.1. The average Bonchev–Trinajstić information content (AvgIpc) is 2.61. The zero-order chi connectivity index (χ0) is 13.4. The van der Waals surface area contributed by atoms with Crippen LogP contribution in [0.1, 0.15) is 6.23 Å². The topological polar surface area (TPSA) is 125 Å². The van der Waals surface area contributed by atoms with Crippen LogP contribution in [0.3, 0.4) is 0 Å². The van der Waals surface area contributed by atoms with Gasteiger partial charge < -0.3 is 20.1 Å². The Morgan fingerprint density at radius 3 is 2.61 bits per heavy atom. The number of aromatic nitrogens is 2. The third-order valence-corrected chi connectivity index (χ3v) is 3.48. The summed E-state index contributed by atoms with van der Waals surface area (Å²) in [6, 6.07) is 0. The predicted octanol–water partition coefficient (Wildman–Crippen LogP) is -2.25. The molecule has 0 spiro atoms. The van der Waals surface area contributed by atoms with E-state index in [1.165, 1.54) is 6.20 Å². The van der Waals surface area contributed by atoms with Crippen LogP contribution in [-0.4, -0.2) is 49.8 Å². The number of nitrogens with one attached hydrogen (secondary N) is 1. The summed E-state index contributed by atoms with van der Waals surface area (Å²) >= 11 is 1.73. The van der Waals surface area contributed by atoms with Crippen LogP contribution < -0.4 is 11.2 Å². The number of H-pyrrole nitrogens is 1. The van der Waals surface area contributed by atoms with Gasteiger partial charge in [-0.05, 0) is 22.6 Å². The lowest BCUT2D eigenvalue weighted by Gasteiger charge is -2.17. The molecule has 18 heavy (non-hydrogen) atoms. The molecular weight excluding hydrogens is 359 g/mol. The molecule has 1 aliphatic rings. The van der Waals surface area contributed by atoms with E-state index in [9.17, 15) is 19.8 Å². The van der Waals surface area contributed by atoms with E-state index in [1.807, 2.05) is 0 Å². The summed E-state index contributed by atoms with van der Waals surface area (Å²) in [4.78, 5) is 24.9. The Bertz CT molecular complexity index is 555. The molecule has 9 heteroatoms. The average molecular weight is 370 g/mol. The minimum atomic E-state index is -1.36. The SMILES string of the molecule is O=c1[nH]c(=O)n(C2OC(CO)C(O)C2O)cc1I. The fourth-order valence-corrected chi connectivity index (χ4v) is 2.19. The zero-order valence-electron chi connectivity index (χ0n) is 8.99. The minimum Gasteiger partial charge on any atom is -0.394 e. The number of rotatable bonds is 2. The minimum absolute atomic E-state index is 0.241. The Morgan fingerprint density at radius 2 is 2.06 bits per heavy atom. The highest BCUT2D eigenvalue weighted by Crippen LogP contribution is 2.27. The Hall–Kier alpha value is -0.750. The molecular formula is C9H11IN2O6. The second-order valence-corrected chi connectivity index (χ2v) is 5.03. The van der Waals surface area contributed by atoms with Crippen molar-refractivity contribution in [3.8, 4) is 0 Å². The fraction of sp³-hybridized carbons (Fsp3) is 0.556. The lowest BCUT2D eigenvalue weighted by Crippen LogP contribution is -2.38. The van der Waals surface area contributed by atoms with E-state index >= 15 is 0 Å². The first-order valence-electron chi connectivity index (χ1n) is 5.09. The lowest BCUT2D eigenvalue weighted by atomic mass is 10.1. The van der Waals surface area contributed by atoms with Crippen LogP contribution in [0.5, 0.6) is 0 Å². The Balaban J connectivity index is 2.42. The monoisotopic (exact) mass is 370 g/mol. The summed E-state index contributed by atoms with van der Waals surface area (Å²) < 4.78 is 6.40. The summed E-state index contributed by atoms with van der Waals surface area (Å²) in [7, 11) is 0. The number of aliphatic hydroxyl groups excluding tert-OH is 3. The van der Waals surface area contributed by atoms with E-state index in [4.69, 9.17) is 9.84 Å². The molecule has 1 aromatic rings. The number of nitrogens with zero attached hydrogens (tertiary/aromatic N) is 1. The Morgan fingerprint density at radius 1 is 1.39 bits per heavy atom. The third kappa shape index (κ3) is 2.23. The van der Waals surface area contributed by atoms with Gasteiger partial charge >= 0.3 is 5.69 Å². The van der Waals surface area contributed by atoms with Gasteiger partial charge in [-0.2, -0.15) is 0 Å². The van der Waals surface area contributed by atoms with Crippen molar-refractivity contribution < 1.29 is 20.1 Å². The maximum Gasteiger partial charge on any atom is 0.330 e. The quantitative estimate of drug-likeness (QED) is 0.436. The lowest BCUT2D eigenvalue weighted by molar-refractivity contribution is -0.0551. The van der Waals surface area contributed by atoms with Crippen molar-refractivity contribution in [3.05, 3.63) is 30.6 Å². The highest BCUT2D eigenvalue weighted by atomic mass is 127. The maximum absolute atomic E-state index is 11.6. The second kappa shape index (κ2) is 5.09. The van der Waals surface area contributed by atoms with Crippen LogP contribution in [-0.2, 0) is 4.74 Å². The highest BCUT2D eigenvalue weighted by Gasteiger charge is 2.43. The van der Waals surface area contributed by atoms with Crippen LogP contribution in [0.15, 0.2) is 15.8 Å². The molecule has 1 aliphatic heterocycles. The third-order valence-electron chi connectivity index (χ3n) is 2.72. The molecule has 0 aromatic carbocycles. The van der Waals surface area contributed by atoms with Crippen LogP contribution in [0.25, 0.3) is 0 Å². The van der Waals surface area contributed by atoms with Crippen molar-refractivity contribution in [2.75, 3.05) is 6.61 Å². The normalized spacial score (nSPS) is 31.8. The predicted molar refractivity (Wildman–Crippen MR) is 67.0 cm³/mol. The first kappa shape index (κ1) is 13.7. The standard InChI is InChI=1S/C9H11IN2O6/c10-3-1-12(9(17)11-7(3)16)8-6(15)5(14)4(2-13)18-8/h1,4-6,8,13-15H,2H2,(H,11,16,17). The van der Waals surface area contributed by atoms with Crippen LogP contribution in [0, 0.1) is 3.57 Å². The van der Waals surface area contributed by atoms with Gasteiger partial charge in [0.05, 0.1) is 10.2 Å². The summed E-state index contributed by atoms with van der Waals surface area (Å²) in [5.74, 6) is 0. The first-order chi connectivity index (χ1) is 8.45. The van der Waals surface area contributed by atoms with Crippen LogP contribution in [0.4, 0.5) is 0 Å². The van der Waals surface area contributed by atoms with E-state index in [1.54, 1.807) is 22.6 Å². The number of hydrogen-bond acceptors (Lipinski definition) is 6. The molecule has 8 nitrogen and oxygen atoms in total. The molecule has 2 rings (SSSR count). The van der Waals surface area contributed by atoms with E-state index in [0.717, 1.165) is 4.57 Å². The first-order valence-corrected chi connectivity index (χ1v) is 6.17. The molecule has 0 radical (unpaired) electrons. The van der Waals surface area contributed by atoms with Gasteiger partial charge in [0.15, 0.2) is 6.23 Å². The number of aliphatic hydroxyl groups is 3. The molecule has 0 bridgehead atoms. The Labute approximate surface area is 114 Å². The van der Waals surface area contributed by atoms with Gasteiger partial charge in [0.25, 0.3) is 5.56 Å². The molecule has 4 atom stereocenters. The van der Waals surface area contributed by atoms with Gasteiger partial charge in [-0.3, -0.25) is 14.3 Å². The largest absolute Gasteiger partial charge is 0.394 e. The van der Waals surface area contributed by atoms with Gasteiger partial charge in [-0.15, -0.1) is 0 Å². The Kier molecular flexibility index (Phi) is 3.87. The van der Waals surface area contributed by atoms with Crippen LogP contribution >= 0.6 is 22.6 Å². The second-order valence-electron chi connectivity index (χ2n) is 3.87. The molecule has 0 saturated carbocycles. The van der Waals surface area contributed by atoms with Crippen molar-refractivity contribution in [2.45, 2.75) is 24.5 Å².